The van der Waals surface area contributed by atoms with Gasteiger partial charge in [0.05, 0.1) is 16.3 Å². The molecule has 1 N–H and O–H groups in total. The summed E-state index contributed by atoms with van der Waals surface area (Å²) in [7, 11) is -2.22. The van der Waals surface area contributed by atoms with Gasteiger partial charge in [0.25, 0.3) is 15.9 Å². The molecule has 0 radical (unpaired) electrons. The van der Waals surface area contributed by atoms with E-state index in [4.69, 9.17) is 4.74 Å². The summed E-state index contributed by atoms with van der Waals surface area (Å²) in [4.78, 5) is 18.5. The number of rotatable bonds is 4. The lowest BCUT2D eigenvalue weighted by Gasteiger charge is -2.26. The van der Waals surface area contributed by atoms with Crippen molar-refractivity contribution in [1.82, 2.24) is 4.98 Å². The minimum absolute atomic E-state index is 0.00606. The molecule has 0 unspecified atom stereocenters. The molecular formula is C19H16FN3O4S2. The highest BCUT2D eigenvalue weighted by Gasteiger charge is 2.24. The third kappa shape index (κ3) is 3.68. The normalized spacial score (nSPS) is 13.8. The van der Waals surface area contributed by atoms with Crippen molar-refractivity contribution < 1.29 is 22.3 Å². The van der Waals surface area contributed by atoms with E-state index in [0.29, 0.717) is 17.1 Å². The van der Waals surface area contributed by atoms with Crippen molar-refractivity contribution in [3.63, 3.8) is 0 Å². The molecule has 150 valence electrons. The Morgan fingerprint density at radius 1 is 1.21 bits per heavy atom. The van der Waals surface area contributed by atoms with Crippen LogP contribution in [0.2, 0.25) is 0 Å². The first-order valence-electron chi connectivity index (χ1n) is 8.54. The van der Waals surface area contributed by atoms with Gasteiger partial charge in [0.1, 0.15) is 11.6 Å². The number of amides is 1. The molecule has 0 aliphatic carbocycles. The van der Waals surface area contributed by atoms with E-state index in [9.17, 15) is 17.6 Å². The molecule has 0 spiro atoms. The topological polar surface area (TPSA) is 88.6 Å². The molecule has 4 rings (SSSR count). The van der Waals surface area contributed by atoms with Crippen LogP contribution in [0, 0.1) is 12.7 Å². The number of hydrogen-bond donors (Lipinski definition) is 1. The Morgan fingerprint density at radius 3 is 2.66 bits per heavy atom. The van der Waals surface area contributed by atoms with Crippen LogP contribution in [-0.4, -0.2) is 33.0 Å². The van der Waals surface area contributed by atoms with Crippen molar-refractivity contribution in [2.45, 2.75) is 11.8 Å². The maximum absolute atomic E-state index is 13.1. The maximum atomic E-state index is 13.1. The minimum atomic E-state index is -3.89. The summed E-state index contributed by atoms with van der Waals surface area (Å²) in [5.74, 6) is -0.0745. The Kier molecular flexibility index (Phi) is 4.75. The summed E-state index contributed by atoms with van der Waals surface area (Å²) >= 11 is 1.19. The van der Waals surface area contributed by atoms with Gasteiger partial charge in [-0.15, -0.1) is 11.3 Å². The van der Waals surface area contributed by atoms with Crippen LogP contribution >= 0.6 is 11.3 Å². The summed E-state index contributed by atoms with van der Waals surface area (Å²) in [5, 5.41) is 0.195. The first-order valence-corrected chi connectivity index (χ1v) is 10.8. The number of halogens is 1. The Hall–Kier alpha value is -2.98. The SMILES string of the molecule is Cc1sc(NS(=O)(=O)c2ccc(F)cc2)nc1-c1ccc2c(c1)N(C)C(=O)CO2. The van der Waals surface area contributed by atoms with Gasteiger partial charge in [0.15, 0.2) is 11.7 Å². The second-order valence-electron chi connectivity index (χ2n) is 6.41. The third-order valence-corrected chi connectivity index (χ3v) is 6.83. The molecule has 1 aliphatic rings. The van der Waals surface area contributed by atoms with E-state index in [2.05, 4.69) is 9.71 Å². The number of carbonyl (C=O) groups is 1. The highest BCUT2D eigenvalue weighted by Crippen LogP contribution is 2.38. The van der Waals surface area contributed by atoms with E-state index < -0.39 is 15.8 Å². The van der Waals surface area contributed by atoms with Crippen LogP contribution in [0.3, 0.4) is 0 Å². The molecule has 3 aromatic rings. The second-order valence-corrected chi connectivity index (χ2v) is 9.29. The van der Waals surface area contributed by atoms with Gasteiger partial charge in [-0.1, -0.05) is 0 Å². The number of hydrogen-bond acceptors (Lipinski definition) is 6. The number of benzene rings is 2. The van der Waals surface area contributed by atoms with Crippen molar-refractivity contribution in [2.24, 2.45) is 0 Å². The Bertz CT molecular complexity index is 1210. The molecule has 0 fully saturated rings. The standard InChI is InChI=1S/C19H16FN3O4S2/c1-11-18(12-3-8-16-15(9-12)23(2)17(24)10-27-16)21-19(28-11)22-29(25,26)14-6-4-13(20)5-7-14/h3-9H,10H2,1-2H3,(H,21,22). The fraction of sp³-hybridized carbons (Fsp3) is 0.158. The lowest BCUT2D eigenvalue weighted by molar-refractivity contribution is -0.120. The number of nitrogens with one attached hydrogen (secondary N) is 1. The van der Waals surface area contributed by atoms with Crippen molar-refractivity contribution in [1.29, 1.82) is 0 Å². The van der Waals surface area contributed by atoms with Crippen LogP contribution < -0.4 is 14.4 Å². The average Bonchev–Trinajstić information content (AvgIpc) is 3.04. The predicted molar refractivity (Wildman–Crippen MR) is 108 cm³/mol. The van der Waals surface area contributed by atoms with E-state index in [0.717, 1.165) is 22.6 Å². The number of ether oxygens (including phenoxy) is 1. The maximum Gasteiger partial charge on any atom is 0.264 e. The molecule has 2 aromatic carbocycles. The van der Waals surface area contributed by atoms with Gasteiger partial charge in [0, 0.05) is 17.5 Å². The zero-order valence-corrected chi connectivity index (χ0v) is 17.1. The zero-order chi connectivity index (χ0) is 20.8. The number of aromatic nitrogens is 1. The van der Waals surface area contributed by atoms with Crippen molar-refractivity contribution in [3.8, 4) is 17.0 Å². The van der Waals surface area contributed by atoms with Crippen LogP contribution in [0.15, 0.2) is 47.4 Å². The van der Waals surface area contributed by atoms with Gasteiger partial charge in [-0.25, -0.2) is 17.8 Å². The fourth-order valence-electron chi connectivity index (χ4n) is 2.92. The molecule has 0 saturated carbocycles. The van der Waals surface area contributed by atoms with Crippen molar-refractivity contribution >= 4 is 38.1 Å². The summed E-state index contributed by atoms with van der Waals surface area (Å²) in [6.07, 6.45) is 0. The van der Waals surface area contributed by atoms with E-state index in [-0.39, 0.29) is 22.5 Å². The van der Waals surface area contributed by atoms with Gasteiger partial charge in [-0.05, 0) is 49.4 Å². The number of aryl methyl sites for hydroxylation is 1. The first kappa shape index (κ1) is 19.3. The van der Waals surface area contributed by atoms with E-state index in [1.807, 2.05) is 13.0 Å². The highest BCUT2D eigenvalue weighted by molar-refractivity contribution is 7.93. The molecule has 1 amide bonds. The fourth-order valence-corrected chi connectivity index (χ4v) is 4.99. The molecule has 10 heteroatoms. The molecule has 7 nitrogen and oxygen atoms in total. The second kappa shape index (κ2) is 7.12. The Morgan fingerprint density at radius 2 is 1.93 bits per heavy atom. The van der Waals surface area contributed by atoms with Gasteiger partial charge < -0.3 is 9.64 Å². The lowest BCUT2D eigenvalue weighted by Crippen LogP contribution is -2.35. The summed E-state index contributed by atoms with van der Waals surface area (Å²) in [6.45, 7) is 1.82. The largest absolute Gasteiger partial charge is 0.482 e. The summed E-state index contributed by atoms with van der Waals surface area (Å²) in [5.41, 5.74) is 1.95. The van der Waals surface area contributed by atoms with Crippen molar-refractivity contribution in [2.75, 3.05) is 23.3 Å². The highest BCUT2D eigenvalue weighted by atomic mass is 32.2. The third-order valence-electron chi connectivity index (χ3n) is 4.46. The van der Waals surface area contributed by atoms with Crippen LogP contribution in [0.4, 0.5) is 15.2 Å². The zero-order valence-electron chi connectivity index (χ0n) is 15.5. The van der Waals surface area contributed by atoms with Crippen LogP contribution in [0.5, 0.6) is 5.75 Å². The number of likely N-dealkylation sites (N-methyl/N-ethyl adjacent to an activating group) is 1. The molecule has 2 heterocycles. The van der Waals surface area contributed by atoms with E-state index in [1.165, 1.54) is 28.4 Å². The minimum Gasteiger partial charge on any atom is -0.482 e. The number of anilines is 2. The number of fused-ring (bicyclic) bond motifs is 1. The number of thiazole rings is 1. The van der Waals surface area contributed by atoms with Crippen LogP contribution in [0.1, 0.15) is 4.88 Å². The van der Waals surface area contributed by atoms with E-state index in [1.54, 1.807) is 19.2 Å². The van der Waals surface area contributed by atoms with Crippen LogP contribution in [0.25, 0.3) is 11.3 Å². The molecule has 1 aromatic heterocycles. The molecule has 1 aliphatic heterocycles. The molecule has 0 atom stereocenters. The average molecular weight is 433 g/mol. The van der Waals surface area contributed by atoms with Crippen molar-refractivity contribution in [3.05, 3.63) is 53.2 Å². The van der Waals surface area contributed by atoms with Gasteiger partial charge >= 0.3 is 0 Å². The number of nitrogens with zero attached hydrogens (tertiary/aromatic N) is 2. The summed E-state index contributed by atoms with van der Waals surface area (Å²) < 4.78 is 45.9. The Balaban J connectivity index is 1.65. The predicted octanol–water partition coefficient (Wildman–Crippen LogP) is 3.41. The lowest BCUT2D eigenvalue weighted by atomic mass is 10.1. The number of carbonyl (C=O) groups excluding carboxylic acids is 1. The molecule has 0 bridgehead atoms. The smallest absolute Gasteiger partial charge is 0.264 e. The van der Waals surface area contributed by atoms with Gasteiger partial charge in [-0.3, -0.25) is 9.52 Å². The summed E-state index contributed by atoms with van der Waals surface area (Å²) in [6, 6.07) is 9.90. The van der Waals surface area contributed by atoms with Gasteiger partial charge in [-0.2, -0.15) is 0 Å². The number of sulfonamides is 1. The van der Waals surface area contributed by atoms with Crippen LogP contribution in [-0.2, 0) is 14.8 Å². The molecular weight excluding hydrogens is 417 g/mol. The molecule has 29 heavy (non-hydrogen) atoms. The Labute approximate surface area is 170 Å². The monoisotopic (exact) mass is 433 g/mol. The molecule has 0 saturated heterocycles. The quantitative estimate of drug-likeness (QED) is 0.681. The first-order chi connectivity index (χ1) is 13.7. The van der Waals surface area contributed by atoms with E-state index >= 15 is 0 Å². The van der Waals surface area contributed by atoms with Gasteiger partial charge in [0.2, 0.25) is 0 Å².